The number of sulfone groups is 1. The predicted octanol–water partition coefficient (Wildman–Crippen LogP) is 3.08. The van der Waals surface area contributed by atoms with Crippen molar-refractivity contribution in [3.8, 4) is 5.75 Å². The van der Waals surface area contributed by atoms with Crippen LogP contribution in [0.5, 0.6) is 5.75 Å². The van der Waals surface area contributed by atoms with E-state index in [1.807, 2.05) is 18.2 Å². The second-order valence-electron chi connectivity index (χ2n) is 5.24. The van der Waals surface area contributed by atoms with Crippen LogP contribution in [0.15, 0.2) is 22.7 Å². The molecule has 0 aliphatic heterocycles. The number of hydrogen-bond donors (Lipinski definition) is 1. The number of benzene rings is 1. The van der Waals surface area contributed by atoms with E-state index in [0.717, 1.165) is 15.9 Å². The summed E-state index contributed by atoms with van der Waals surface area (Å²) in [5.74, 6) is 0.821. The molecule has 0 saturated heterocycles. The van der Waals surface area contributed by atoms with Crippen LogP contribution >= 0.6 is 15.9 Å². The number of anilines is 1. The molecular weight excluding hydrogens is 330 g/mol. The van der Waals surface area contributed by atoms with Gasteiger partial charge in [-0.2, -0.15) is 0 Å². The third-order valence-electron chi connectivity index (χ3n) is 2.74. The van der Waals surface area contributed by atoms with Crippen LogP contribution in [-0.4, -0.2) is 32.6 Å². The summed E-state index contributed by atoms with van der Waals surface area (Å²) in [6, 6.07) is 5.55. The Morgan fingerprint density at radius 3 is 2.42 bits per heavy atom. The van der Waals surface area contributed by atoms with Gasteiger partial charge in [0.05, 0.1) is 17.6 Å². The zero-order chi connectivity index (χ0) is 14.7. The second kappa shape index (κ2) is 6.13. The Morgan fingerprint density at radius 1 is 1.26 bits per heavy atom. The second-order valence-corrected chi connectivity index (χ2v) is 9.02. The third-order valence-corrected chi connectivity index (χ3v) is 5.81. The lowest BCUT2D eigenvalue weighted by atomic mass is 10.3. The molecule has 1 aromatic rings. The molecule has 0 saturated carbocycles. The van der Waals surface area contributed by atoms with E-state index in [-0.39, 0.29) is 5.75 Å². The highest BCUT2D eigenvalue weighted by atomic mass is 79.9. The molecule has 0 bridgehead atoms. The van der Waals surface area contributed by atoms with E-state index in [4.69, 9.17) is 4.74 Å². The number of hydrogen-bond acceptors (Lipinski definition) is 4. The fourth-order valence-electron chi connectivity index (χ4n) is 1.42. The highest BCUT2D eigenvalue weighted by Crippen LogP contribution is 2.24. The molecule has 1 rings (SSSR count). The van der Waals surface area contributed by atoms with E-state index in [9.17, 15) is 8.42 Å². The van der Waals surface area contributed by atoms with Gasteiger partial charge in [0.25, 0.3) is 0 Å². The molecule has 0 fully saturated rings. The molecule has 108 valence electrons. The van der Waals surface area contributed by atoms with Crippen molar-refractivity contribution in [3.63, 3.8) is 0 Å². The summed E-state index contributed by atoms with van der Waals surface area (Å²) in [5, 5.41) is 3.10. The standard InChI is InChI=1S/C13H20BrNO3S/c1-13(2,3)19(16,17)6-5-15-11-7-10(14)8-12(9-11)18-4/h7-9,15H,5-6H2,1-4H3. The van der Waals surface area contributed by atoms with Gasteiger partial charge in [0.2, 0.25) is 0 Å². The average Bonchev–Trinajstić information content (AvgIpc) is 2.26. The van der Waals surface area contributed by atoms with Gasteiger partial charge in [0.15, 0.2) is 9.84 Å². The first-order valence-electron chi connectivity index (χ1n) is 5.96. The maximum atomic E-state index is 12.0. The Kier molecular flexibility index (Phi) is 5.26. The maximum Gasteiger partial charge on any atom is 0.156 e. The summed E-state index contributed by atoms with van der Waals surface area (Å²) in [6.07, 6.45) is 0. The normalized spacial score (nSPS) is 12.3. The fraction of sp³-hybridized carbons (Fsp3) is 0.538. The number of nitrogens with one attached hydrogen (secondary N) is 1. The molecule has 4 nitrogen and oxygen atoms in total. The van der Waals surface area contributed by atoms with Crippen molar-refractivity contribution in [1.82, 2.24) is 0 Å². The van der Waals surface area contributed by atoms with Crippen LogP contribution in [0, 0.1) is 0 Å². The lowest BCUT2D eigenvalue weighted by Crippen LogP contribution is -2.32. The van der Waals surface area contributed by atoms with Gasteiger partial charge in [0, 0.05) is 22.8 Å². The molecule has 0 aliphatic rings. The largest absolute Gasteiger partial charge is 0.497 e. The Balaban J connectivity index is 2.66. The summed E-state index contributed by atoms with van der Waals surface area (Å²) < 4.78 is 29.2. The molecule has 0 unspecified atom stereocenters. The average molecular weight is 350 g/mol. The van der Waals surface area contributed by atoms with Crippen LogP contribution < -0.4 is 10.1 Å². The molecular formula is C13H20BrNO3S. The smallest absolute Gasteiger partial charge is 0.156 e. The van der Waals surface area contributed by atoms with Crippen LogP contribution in [0.1, 0.15) is 20.8 Å². The van der Waals surface area contributed by atoms with Gasteiger partial charge in [-0.15, -0.1) is 0 Å². The Morgan fingerprint density at radius 2 is 1.89 bits per heavy atom. The molecule has 1 N–H and O–H groups in total. The summed E-state index contributed by atoms with van der Waals surface area (Å²) >= 11 is 3.38. The number of ether oxygens (including phenoxy) is 1. The van der Waals surface area contributed by atoms with Crippen LogP contribution in [0.2, 0.25) is 0 Å². The Bertz CT molecular complexity index is 535. The monoisotopic (exact) mass is 349 g/mol. The first-order chi connectivity index (χ1) is 8.65. The van der Waals surface area contributed by atoms with Gasteiger partial charge in [-0.05, 0) is 32.9 Å². The first-order valence-corrected chi connectivity index (χ1v) is 8.41. The minimum atomic E-state index is -3.10. The molecule has 0 amide bonds. The zero-order valence-electron chi connectivity index (χ0n) is 11.7. The fourth-order valence-corrected chi connectivity index (χ4v) is 2.87. The lowest BCUT2D eigenvalue weighted by molar-refractivity contribution is 0.414. The SMILES string of the molecule is COc1cc(Br)cc(NCCS(=O)(=O)C(C)(C)C)c1. The van der Waals surface area contributed by atoms with E-state index in [2.05, 4.69) is 21.2 Å². The summed E-state index contributed by atoms with van der Waals surface area (Å²) in [6.45, 7) is 5.51. The maximum absolute atomic E-state index is 12.0. The van der Waals surface area contributed by atoms with E-state index >= 15 is 0 Å². The van der Waals surface area contributed by atoms with Crippen LogP contribution in [-0.2, 0) is 9.84 Å². The van der Waals surface area contributed by atoms with Gasteiger partial charge in [0.1, 0.15) is 5.75 Å². The number of rotatable bonds is 5. The quantitative estimate of drug-likeness (QED) is 0.887. The van der Waals surface area contributed by atoms with Crippen LogP contribution in [0.3, 0.4) is 0 Å². The third kappa shape index (κ3) is 4.69. The molecule has 0 radical (unpaired) electrons. The van der Waals surface area contributed by atoms with Gasteiger partial charge in [-0.3, -0.25) is 0 Å². The van der Waals surface area contributed by atoms with Crippen molar-refractivity contribution in [2.45, 2.75) is 25.5 Å². The van der Waals surface area contributed by atoms with Crippen LogP contribution in [0.4, 0.5) is 5.69 Å². The summed E-state index contributed by atoms with van der Waals surface area (Å²) in [7, 11) is -1.51. The van der Waals surface area contributed by atoms with Crippen molar-refractivity contribution in [3.05, 3.63) is 22.7 Å². The minimum absolute atomic E-state index is 0.103. The van der Waals surface area contributed by atoms with E-state index in [0.29, 0.717) is 6.54 Å². The van der Waals surface area contributed by atoms with Crippen molar-refractivity contribution in [2.75, 3.05) is 24.7 Å². The molecule has 19 heavy (non-hydrogen) atoms. The van der Waals surface area contributed by atoms with Gasteiger partial charge < -0.3 is 10.1 Å². The highest BCUT2D eigenvalue weighted by molar-refractivity contribution is 9.10. The number of methoxy groups -OCH3 is 1. The van der Waals surface area contributed by atoms with Crippen molar-refractivity contribution < 1.29 is 13.2 Å². The highest BCUT2D eigenvalue weighted by Gasteiger charge is 2.28. The molecule has 0 aliphatic carbocycles. The molecule has 0 atom stereocenters. The Hall–Kier alpha value is -0.750. The van der Waals surface area contributed by atoms with E-state index in [1.165, 1.54) is 0 Å². The minimum Gasteiger partial charge on any atom is -0.497 e. The lowest BCUT2D eigenvalue weighted by Gasteiger charge is -2.19. The molecule has 0 spiro atoms. The van der Waals surface area contributed by atoms with Gasteiger partial charge in [-0.25, -0.2) is 8.42 Å². The van der Waals surface area contributed by atoms with E-state index in [1.54, 1.807) is 27.9 Å². The van der Waals surface area contributed by atoms with Crippen molar-refractivity contribution in [1.29, 1.82) is 0 Å². The summed E-state index contributed by atoms with van der Waals surface area (Å²) in [4.78, 5) is 0. The predicted molar refractivity (Wildman–Crippen MR) is 82.7 cm³/mol. The number of halogens is 1. The van der Waals surface area contributed by atoms with Crippen LogP contribution in [0.25, 0.3) is 0 Å². The first kappa shape index (κ1) is 16.3. The van der Waals surface area contributed by atoms with Crippen molar-refractivity contribution in [2.24, 2.45) is 0 Å². The van der Waals surface area contributed by atoms with Gasteiger partial charge in [-0.1, -0.05) is 15.9 Å². The van der Waals surface area contributed by atoms with E-state index < -0.39 is 14.6 Å². The summed E-state index contributed by atoms with van der Waals surface area (Å²) in [5.41, 5.74) is 0.829. The topological polar surface area (TPSA) is 55.4 Å². The molecule has 1 aromatic carbocycles. The molecule has 0 heterocycles. The van der Waals surface area contributed by atoms with Gasteiger partial charge >= 0.3 is 0 Å². The molecule has 0 aromatic heterocycles. The molecule has 6 heteroatoms. The zero-order valence-corrected chi connectivity index (χ0v) is 14.1. The van der Waals surface area contributed by atoms with Crippen molar-refractivity contribution >= 4 is 31.5 Å². The Labute approximate surface area is 123 Å².